The molecule has 0 unspecified atom stereocenters. The van der Waals surface area contributed by atoms with Gasteiger partial charge in [-0.05, 0) is 18.6 Å². The number of aromatic amines is 1. The van der Waals surface area contributed by atoms with Gasteiger partial charge in [0, 0.05) is 32.3 Å². The molecule has 22 heavy (non-hydrogen) atoms. The van der Waals surface area contributed by atoms with Crippen molar-refractivity contribution in [2.24, 2.45) is 4.99 Å². The van der Waals surface area contributed by atoms with Crippen LogP contribution in [0.2, 0.25) is 0 Å². The molecule has 7 nitrogen and oxygen atoms in total. The fourth-order valence-electron chi connectivity index (χ4n) is 1.97. The Morgan fingerprint density at radius 3 is 3.00 bits per heavy atom. The van der Waals surface area contributed by atoms with E-state index in [0.717, 1.165) is 36.1 Å². The van der Waals surface area contributed by atoms with Gasteiger partial charge >= 0.3 is 0 Å². The van der Waals surface area contributed by atoms with Crippen LogP contribution in [-0.4, -0.2) is 47.9 Å². The zero-order valence-electron chi connectivity index (χ0n) is 13.0. The van der Waals surface area contributed by atoms with Crippen molar-refractivity contribution in [3.05, 3.63) is 36.2 Å². The summed E-state index contributed by atoms with van der Waals surface area (Å²) in [5.41, 5.74) is 2.15. The average Bonchev–Trinajstić information content (AvgIpc) is 3.09. The Balaban J connectivity index is 1.86. The number of aromatic nitrogens is 3. The first kappa shape index (κ1) is 16.0. The molecule has 1 aromatic heterocycles. The summed E-state index contributed by atoms with van der Waals surface area (Å²) < 4.78 is 5.29. The summed E-state index contributed by atoms with van der Waals surface area (Å²) in [6.07, 6.45) is 1.50. The quantitative estimate of drug-likeness (QED) is 0.406. The van der Waals surface area contributed by atoms with Crippen molar-refractivity contribution in [1.82, 2.24) is 25.8 Å². The average molecular weight is 302 g/mol. The highest BCUT2D eigenvalue weighted by Crippen LogP contribution is 2.15. The van der Waals surface area contributed by atoms with Gasteiger partial charge in [-0.2, -0.15) is 5.10 Å². The van der Waals surface area contributed by atoms with Crippen LogP contribution < -0.4 is 10.6 Å². The van der Waals surface area contributed by atoms with Crippen molar-refractivity contribution in [3.8, 4) is 11.4 Å². The minimum absolute atomic E-state index is 0.665. The van der Waals surface area contributed by atoms with Gasteiger partial charge < -0.3 is 15.4 Å². The van der Waals surface area contributed by atoms with Gasteiger partial charge in [0.15, 0.2) is 11.8 Å². The normalized spacial score (nSPS) is 11.5. The number of H-pyrrole nitrogens is 1. The van der Waals surface area contributed by atoms with Gasteiger partial charge in [0.2, 0.25) is 0 Å². The molecule has 7 heteroatoms. The smallest absolute Gasteiger partial charge is 0.191 e. The molecular formula is C15H22N6O. The first-order valence-electron chi connectivity index (χ1n) is 7.30. The summed E-state index contributed by atoms with van der Waals surface area (Å²) in [4.78, 5) is 8.34. The molecule has 1 aromatic carbocycles. The topological polar surface area (TPSA) is 87.2 Å². The molecule has 0 radical (unpaired) electrons. The van der Waals surface area contributed by atoms with Crippen LogP contribution in [0.15, 0.2) is 35.6 Å². The molecule has 0 atom stereocenters. The van der Waals surface area contributed by atoms with Gasteiger partial charge in [-0.25, -0.2) is 4.98 Å². The lowest BCUT2D eigenvalue weighted by Crippen LogP contribution is -2.38. The molecule has 0 fully saturated rings. The van der Waals surface area contributed by atoms with Crippen molar-refractivity contribution < 1.29 is 4.74 Å². The summed E-state index contributed by atoms with van der Waals surface area (Å²) in [7, 11) is 1.75. The van der Waals surface area contributed by atoms with Gasteiger partial charge in [0.25, 0.3) is 0 Å². The lowest BCUT2D eigenvalue weighted by molar-refractivity contribution is 0.152. The summed E-state index contributed by atoms with van der Waals surface area (Å²) >= 11 is 0. The molecule has 0 aliphatic carbocycles. The molecule has 0 bridgehead atoms. The molecule has 0 saturated heterocycles. The van der Waals surface area contributed by atoms with E-state index in [4.69, 9.17) is 4.74 Å². The van der Waals surface area contributed by atoms with Crippen molar-refractivity contribution >= 4 is 5.96 Å². The third-order valence-corrected chi connectivity index (χ3v) is 3.04. The van der Waals surface area contributed by atoms with E-state index in [1.165, 1.54) is 6.33 Å². The van der Waals surface area contributed by atoms with Gasteiger partial charge in [-0.3, -0.25) is 10.1 Å². The number of rotatable bonds is 7. The summed E-state index contributed by atoms with van der Waals surface area (Å²) in [5, 5.41) is 13.2. The first-order chi connectivity index (χ1) is 10.8. The SMILES string of the molecule is CCOCCNC(=NC)NCc1cccc(-c2ncn[nH]2)c1. The Morgan fingerprint density at radius 1 is 1.36 bits per heavy atom. The second-order valence-electron chi connectivity index (χ2n) is 4.58. The highest BCUT2D eigenvalue weighted by atomic mass is 16.5. The van der Waals surface area contributed by atoms with Crippen molar-refractivity contribution in [1.29, 1.82) is 0 Å². The monoisotopic (exact) mass is 302 g/mol. The minimum atomic E-state index is 0.665. The Hall–Kier alpha value is -2.41. The Labute approximate surface area is 130 Å². The van der Waals surface area contributed by atoms with Gasteiger partial charge in [0.1, 0.15) is 6.33 Å². The van der Waals surface area contributed by atoms with Crippen LogP contribution in [0.4, 0.5) is 0 Å². The highest BCUT2D eigenvalue weighted by Gasteiger charge is 2.03. The minimum Gasteiger partial charge on any atom is -0.380 e. The second-order valence-corrected chi connectivity index (χ2v) is 4.58. The summed E-state index contributed by atoms with van der Waals surface area (Å²) in [5.74, 6) is 1.52. The lowest BCUT2D eigenvalue weighted by Gasteiger charge is -2.12. The zero-order valence-corrected chi connectivity index (χ0v) is 13.0. The van der Waals surface area contributed by atoms with E-state index in [1.54, 1.807) is 7.05 Å². The number of benzene rings is 1. The number of hydrogen-bond acceptors (Lipinski definition) is 4. The van der Waals surface area contributed by atoms with Crippen LogP contribution in [0, 0.1) is 0 Å². The van der Waals surface area contributed by atoms with Crippen molar-refractivity contribution in [2.75, 3.05) is 26.8 Å². The van der Waals surface area contributed by atoms with E-state index in [0.29, 0.717) is 13.2 Å². The molecule has 1 heterocycles. The molecule has 0 aliphatic heterocycles. The number of nitrogens with one attached hydrogen (secondary N) is 3. The fraction of sp³-hybridized carbons (Fsp3) is 0.400. The molecule has 0 aliphatic rings. The zero-order chi connectivity index (χ0) is 15.6. The molecular weight excluding hydrogens is 280 g/mol. The van der Waals surface area contributed by atoms with E-state index in [2.05, 4.69) is 42.9 Å². The van der Waals surface area contributed by atoms with Crippen LogP contribution in [0.1, 0.15) is 12.5 Å². The first-order valence-corrected chi connectivity index (χ1v) is 7.30. The van der Waals surface area contributed by atoms with E-state index in [9.17, 15) is 0 Å². The van der Waals surface area contributed by atoms with E-state index in [-0.39, 0.29) is 0 Å². The number of nitrogens with zero attached hydrogens (tertiary/aromatic N) is 3. The maximum absolute atomic E-state index is 5.29. The maximum atomic E-state index is 5.29. The molecule has 0 saturated carbocycles. The van der Waals surface area contributed by atoms with E-state index >= 15 is 0 Å². The summed E-state index contributed by atoms with van der Waals surface area (Å²) in [6.45, 7) is 4.77. The number of aliphatic imine (C=N–C) groups is 1. The fourth-order valence-corrected chi connectivity index (χ4v) is 1.97. The van der Waals surface area contributed by atoms with Gasteiger partial charge in [0.05, 0.1) is 6.61 Å². The molecule has 0 spiro atoms. The third kappa shape index (κ3) is 4.85. The highest BCUT2D eigenvalue weighted by molar-refractivity contribution is 5.79. The lowest BCUT2D eigenvalue weighted by atomic mass is 10.1. The number of guanidine groups is 1. The van der Waals surface area contributed by atoms with Crippen molar-refractivity contribution in [3.63, 3.8) is 0 Å². The predicted octanol–water partition coefficient (Wildman–Crippen LogP) is 1.17. The van der Waals surface area contributed by atoms with Gasteiger partial charge in [-0.1, -0.05) is 18.2 Å². The van der Waals surface area contributed by atoms with Crippen LogP contribution >= 0.6 is 0 Å². The molecule has 0 amide bonds. The van der Waals surface area contributed by atoms with Gasteiger partial charge in [-0.15, -0.1) is 0 Å². The van der Waals surface area contributed by atoms with Crippen LogP contribution in [0.25, 0.3) is 11.4 Å². The maximum Gasteiger partial charge on any atom is 0.191 e. The molecule has 118 valence electrons. The second kappa shape index (κ2) is 8.78. The van der Waals surface area contributed by atoms with E-state index < -0.39 is 0 Å². The third-order valence-electron chi connectivity index (χ3n) is 3.04. The Bertz CT molecular complexity index is 581. The van der Waals surface area contributed by atoms with Crippen LogP contribution in [0.5, 0.6) is 0 Å². The molecule has 2 aromatic rings. The predicted molar refractivity (Wildman–Crippen MR) is 86.5 cm³/mol. The summed E-state index contributed by atoms with van der Waals surface area (Å²) in [6, 6.07) is 8.13. The standard InChI is InChI=1S/C15H22N6O/c1-3-22-8-7-17-15(16-2)18-10-12-5-4-6-13(9-12)14-19-11-20-21-14/h4-6,9,11H,3,7-8,10H2,1-2H3,(H2,16,17,18)(H,19,20,21). The number of ether oxygens (including phenoxy) is 1. The Morgan fingerprint density at radius 2 is 2.27 bits per heavy atom. The largest absolute Gasteiger partial charge is 0.380 e. The van der Waals surface area contributed by atoms with Crippen molar-refractivity contribution in [2.45, 2.75) is 13.5 Å². The van der Waals surface area contributed by atoms with Crippen LogP contribution in [0.3, 0.4) is 0 Å². The Kier molecular flexibility index (Phi) is 6.38. The molecule has 2 rings (SSSR count). The number of hydrogen-bond donors (Lipinski definition) is 3. The van der Waals surface area contributed by atoms with E-state index in [1.807, 2.05) is 19.1 Å². The molecule has 3 N–H and O–H groups in total. The van der Waals surface area contributed by atoms with Crippen LogP contribution in [-0.2, 0) is 11.3 Å².